The highest BCUT2D eigenvalue weighted by Crippen LogP contribution is 2.30. The van der Waals surface area contributed by atoms with Crippen LogP contribution in [0.15, 0.2) is 16.7 Å². The van der Waals surface area contributed by atoms with Crippen molar-refractivity contribution in [1.29, 1.82) is 0 Å². The number of hydrogen-bond acceptors (Lipinski definition) is 3. The molecular weight excluding hydrogens is 180 g/mol. The molecule has 0 bridgehead atoms. The van der Waals surface area contributed by atoms with Gasteiger partial charge in [-0.3, -0.25) is 4.79 Å². The van der Waals surface area contributed by atoms with Gasteiger partial charge in [0.05, 0.1) is 18.8 Å². The van der Waals surface area contributed by atoms with Crippen LogP contribution in [0.25, 0.3) is 0 Å². The first-order valence-corrected chi connectivity index (χ1v) is 4.87. The molecule has 0 spiro atoms. The Hall–Kier alpha value is -1.29. The van der Waals surface area contributed by atoms with Gasteiger partial charge >= 0.3 is 0 Å². The van der Waals surface area contributed by atoms with Crippen LogP contribution in [-0.2, 0) is 11.2 Å². The lowest BCUT2D eigenvalue weighted by atomic mass is 9.93. The van der Waals surface area contributed by atoms with Crippen molar-refractivity contribution in [3.8, 4) is 0 Å². The van der Waals surface area contributed by atoms with Crippen LogP contribution in [0, 0.1) is 0 Å². The Morgan fingerprint density at radius 2 is 2.57 bits per heavy atom. The molecule has 0 aromatic carbocycles. The maximum absolute atomic E-state index is 11.1. The Bertz CT molecular complexity index is 333. The summed E-state index contributed by atoms with van der Waals surface area (Å²) in [6.45, 7) is 0.0453. The molecule has 0 radical (unpaired) electrons. The van der Waals surface area contributed by atoms with Crippen molar-refractivity contribution >= 4 is 5.91 Å². The van der Waals surface area contributed by atoms with Gasteiger partial charge in [-0.25, -0.2) is 0 Å². The fourth-order valence-electron chi connectivity index (χ4n) is 1.89. The molecule has 76 valence electrons. The molecule has 0 fully saturated rings. The molecule has 1 amide bonds. The second-order valence-electron chi connectivity index (χ2n) is 3.52. The number of aryl methyl sites for hydroxylation is 1. The SMILES string of the molecule is NCC(=O)NC1CCCc2occc21. The number of amides is 1. The summed E-state index contributed by atoms with van der Waals surface area (Å²) >= 11 is 0. The van der Waals surface area contributed by atoms with Crippen molar-refractivity contribution in [2.75, 3.05) is 6.54 Å². The molecule has 1 unspecified atom stereocenters. The van der Waals surface area contributed by atoms with E-state index in [4.69, 9.17) is 10.2 Å². The summed E-state index contributed by atoms with van der Waals surface area (Å²) in [4.78, 5) is 11.1. The number of furan rings is 1. The van der Waals surface area contributed by atoms with Crippen LogP contribution in [0.4, 0.5) is 0 Å². The molecule has 1 atom stereocenters. The largest absolute Gasteiger partial charge is 0.469 e. The molecule has 0 saturated carbocycles. The van der Waals surface area contributed by atoms with Crippen molar-refractivity contribution in [2.24, 2.45) is 5.73 Å². The third kappa shape index (κ3) is 1.65. The number of rotatable bonds is 2. The predicted octanol–water partition coefficient (Wildman–Crippen LogP) is 0.732. The zero-order chi connectivity index (χ0) is 9.97. The number of carbonyl (C=O) groups excluding carboxylic acids is 1. The van der Waals surface area contributed by atoms with Gasteiger partial charge in [0.1, 0.15) is 5.76 Å². The van der Waals surface area contributed by atoms with Crippen molar-refractivity contribution < 1.29 is 9.21 Å². The average Bonchev–Trinajstić information content (AvgIpc) is 2.66. The summed E-state index contributed by atoms with van der Waals surface area (Å²) in [6, 6.07) is 2.02. The summed E-state index contributed by atoms with van der Waals surface area (Å²) in [7, 11) is 0. The number of hydrogen-bond donors (Lipinski definition) is 2. The maximum atomic E-state index is 11.1. The van der Waals surface area contributed by atoms with Crippen LogP contribution >= 0.6 is 0 Å². The molecule has 3 N–H and O–H groups in total. The zero-order valence-corrected chi connectivity index (χ0v) is 7.95. The van der Waals surface area contributed by atoms with Gasteiger partial charge in [-0.1, -0.05) is 0 Å². The number of nitrogens with two attached hydrogens (primary N) is 1. The fourth-order valence-corrected chi connectivity index (χ4v) is 1.89. The van der Waals surface area contributed by atoms with Crippen molar-refractivity contribution in [3.63, 3.8) is 0 Å². The van der Waals surface area contributed by atoms with E-state index in [1.54, 1.807) is 6.26 Å². The molecule has 1 aliphatic rings. The molecule has 14 heavy (non-hydrogen) atoms. The first kappa shape index (κ1) is 9.27. The maximum Gasteiger partial charge on any atom is 0.234 e. The van der Waals surface area contributed by atoms with Crippen LogP contribution in [0.1, 0.15) is 30.2 Å². The highest BCUT2D eigenvalue weighted by atomic mass is 16.3. The third-order valence-corrected chi connectivity index (χ3v) is 2.57. The molecule has 2 rings (SSSR count). The third-order valence-electron chi connectivity index (χ3n) is 2.57. The van der Waals surface area contributed by atoms with Gasteiger partial charge in [-0.15, -0.1) is 0 Å². The van der Waals surface area contributed by atoms with Gasteiger partial charge in [0.15, 0.2) is 0 Å². The van der Waals surface area contributed by atoms with E-state index in [0.29, 0.717) is 0 Å². The minimum absolute atomic E-state index is 0.0453. The summed E-state index contributed by atoms with van der Waals surface area (Å²) in [6.07, 6.45) is 4.67. The number of fused-ring (bicyclic) bond motifs is 1. The van der Waals surface area contributed by atoms with E-state index in [2.05, 4.69) is 5.32 Å². The van der Waals surface area contributed by atoms with Gasteiger partial charge in [0.25, 0.3) is 0 Å². The lowest BCUT2D eigenvalue weighted by Gasteiger charge is -2.22. The second-order valence-corrected chi connectivity index (χ2v) is 3.52. The van der Waals surface area contributed by atoms with Crippen LogP contribution < -0.4 is 11.1 Å². The molecule has 1 aromatic heterocycles. The highest BCUT2D eigenvalue weighted by molar-refractivity contribution is 5.78. The second kappa shape index (κ2) is 3.84. The van der Waals surface area contributed by atoms with E-state index in [0.717, 1.165) is 30.6 Å². The topological polar surface area (TPSA) is 68.3 Å². The Morgan fingerprint density at radius 3 is 3.36 bits per heavy atom. The Labute approximate surface area is 82.5 Å². The predicted molar refractivity (Wildman–Crippen MR) is 51.6 cm³/mol. The lowest BCUT2D eigenvalue weighted by molar-refractivity contribution is -0.120. The molecule has 0 saturated heterocycles. The minimum atomic E-state index is -0.107. The van der Waals surface area contributed by atoms with Crippen molar-refractivity contribution in [1.82, 2.24) is 5.32 Å². The Balaban J connectivity index is 2.12. The quantitative estimate of drug-likeness (QED) is 0.729. The van der Waals surface area contributed by atoms with E-state index < -0.39 is 0 Å². The van der Waals surface area contributed by atoms with Crippen LogP contribution in [0.2, 0.25) is 0 Å². The minimum Gasteiger partial charge on any atom is -0.469 e. The molecule has 4 nitrogen and oxygen atoms in total. The smallest absolute Gasteiger partial charge is 0.234 e. The van der Waals surface area contributed by atoms with E-state index in [9.17, 15) is 4.79 Å². The molecule has 0 aliphatic heterocycles. The van der Waals surface area contributed by atoms with Gasteiger partial charge < -0.3 is 15.5 Å². The number of nitrogens with one attached hydrogen (secondary N) is 1. The molecule has 1 aliphatic carbocycles. The van der Waals surface area contributed by atoms with Gasteiger partial charge in [0, 0.05) is 12.0 Å². The highest BCUT2D eigenvalue weighted by Gasteiger charge is 2.23. The van der Waals surface area contributed by atoms with Gasteiger partial charge in [0.2, 0.25) is 5.91 Å². The fraction of sp³-hybridized carbons (Fsp3) is 0.500. The van der Waals surface area contributed by atoms with E-state index in [-0.39, 0.29) is 18.5 Å². The van der Waals surface area contributed by atoms with Crippen molar-refractivity contribution in [2.45, 2.75) is 25.3 Å². The first-order valence-electron chi connectivity index (χ1n) is 4.87. The van der Waals surface area contributed by atoms with Crippen molar-refractivity contribution in [3.05, 3.63) is 23.7 Å². The molecular formula is C10H14N2O2. The standard InChI is InChI=1S/C10H14N2O2/c11-6-10(13)12-8-2-1-3-9-7(8)4-5-14-9/h4-5,8H,1-3,6,11H2,(H,12,13). The molecule has 1 aromatic rings. The summed E-state index contributed by atoms with van der Waals surface area (Å²) < 4.78 is 5.32. The Kier molecular flexibility index (Phi) is 2.54. The molecule has 1 heterocycles. The summed E-state index contributed by atoms with van der Waals surface area (Å²) in [5.74, 6) is 0.891. The van der Waals surface area contributed by atoms with Crippen LogP contribution in [0.5, 0.6) is 0 Å². The van der Waals surface area contributed by atoms with Crippen LogP contribution in [0.3, 0.4) is 0 Å². The Morgan fingerprint density at radius 1 is 1.71 bits per heavy atom. The lowest BCUT2D eigenvalue weighted by Crippen LogP contribution is -2.34. The normalized spacial score (nSPS) is 20.2. The summed E-state index contributed by atoms with van der Waals surface area (Å²) in [5, 5.41) is 2.89. The number of carbonyl (C=O) groups is 1. The van der Waals surface area contributed by atoms with E-state index in [1.165, 1.54) is 0 Å². The molecule has 4 heteroatoms. The zero-order valence-electron chi connectivity index (χ0n) is 7.95. The van der Waals surface area contributed by atoms with E-state index in [1.807, 2.05) is 6.07 Å². The van der Waals surface area contributed by atoms with E-state index >= 15 is 0 Å². The first-order chi connectivity index (χ1) is 6.81. The summed E-state index contributed by atoms with van der Waals surface area (Å²) in [5.41, 5.74) is 6.36. The monoisotopic (exact) mass is 194 g/mol. The van der Waals surface area contributed by atoms with Gasteiger partial charge in [-0.05, 0) is 18.9 Å². The average molecular weight is 194 g/mol. The van der Waals surface area contributed by atoms with Crippen LogP contribution in [-0.4, -0.2) is 12.5 Å². The van der Waals surface area contributed by atoms with Gasteiger partial charge in [-0.2, -0.15) is 0 Å².